The Balaban J connectivity index is 1.57. The summed E-state index contributed by atoms with van der Waals surface area (Å²) in [5.74, 6) is 1.21. The van der Waals surface area contributed by atoms with Crippen LogP contribution in [0.25, 0.3) is 10.2 Å². The van der Waals surface area contributed by atoms with Crippen LogP contribution in [0.1, 0.15) is 20.8 Å². The first-order valence-electron chi connectivity index (χ1n) is 8.14. The number of nitrogens with one attached hydrogen (secondary N) is 2. The molecule has 0 aliphatic carbocycles. The molecule has 0 spiro atoms. The Morgan fingerprint density at radius 1 is 1.46 bits per heavy atom. The van der Waals surface area contributed by atoms with Crippen LogP contribution < -0.4 is 20.3 Å². The smallest absolute Gasteiger partial charge is 0.262 e. The molecule has 0 radical (unpaired) electrons. The van der Waals surface area contributed by atoms with Gasteiger partial charge in [-0.05, 0) is 25.0 Å². The van der Waals surface area contributed by atoms with E-state index in [0.29, 0.717) is 39.4 Å². The van der Waals surface area contributed by atoms with Crippen molar-refractivity contribution in [2.75, 3.05) is 13.7 Å². The summed E-state index contributed by atoms with van der Waals surface area (Å²) in [6.45, 7) is 2.13. The fraction of sp³-hybridized carbons (Fsp3) is 0.278. The second-order valence-corrected chi connectivity index (χ2v) is 7.10. The molecule has 1 atom stereocenters. The van der Waals surface area contributed by atoms with Gasteiger partial charge in [0.25, 0.3) is 11.5 Å². The average molecular weight is 371 g/mol. The van der Waals surface area contributed by atoms with E-state index >= 15 is 0 Å². The van der Waals surface area contributed by atoms with Gasteiger partial charge >= 0.3 is 0 Å². The van der Waals surface area contributed by atoms with E-state index in [2.05, 4.69) is 15.3 Å². The third-order valence-corrected chi connectivity index (χ3v) is 5.65. The SMILES string of the molecule is COc1cccc2c1OC[C@H](NC(=O)c1sc3nc[nH]c(=O)c3c1C)C2. The molecule has 1 amide bonds. The Morgan fingerprint density at radius 2 is 2.31 bits per heavy atom. The Kier molecular flexibility index (Phi) is 4.12. The molecule has 1 aromatic carbocycles. The van der Waals surface area contributed by atoms with Crippen LogP contribution in [0.5, 0.6) is 11.5 Å². The van der Waals surface area contributed by atoms with Crippen molar-refractivity contribution in [2.24, 2.45) is 0 Å². The lowest BCUT2D eigenvalue weighted by Gasteiger charge is -2.27. The number of aromatic nitrogens is 2. The molecule has 2 N–H and O–H groups in total. The summed E-state index contributed by atoms with van der Waals surface area (Å²) in [7, 11) is 1.60. The number of hydrogen-bond acceptors (Lipinski definition) is 6. The number of fused-ring (bicyclic) bond motifs is 2. The Morgan fingerprint density at radius 3 is 3.08 bits per heavy atom. The zero-order chi connectivity index (χ0) is 18.3. The van der Waals surface area contributed by atoms with Gasteiger partial charge in [0.05, 0.1) is 29.7 Å². The van der Waals surface area contributed by atoms with Crippen molar-refractivity contribution < 1.29 is 14.3 Å². The van der Waals surface area contributed by atoms with Gasteiger partial charge in [-0.1, -0.05) is 12.1 Å². The highest BCUT2D eigenvalue weighted by Gasteiger charge is 2.26. The number of aryl methyl sites for hydroxylation is 1. The quantitative estimate of drug-likeness (QED) is 0.735. The number of benzene rings is 1. The maximum atomic E-state index is 12.7. The molecule has 3 heterocycles. The van der Waals surface area contributed by atoms with E-state index < -0.39 is 0 Å². The number of amides is 1. The fourth-order valence-electron chi connectivity index (χ4n) is 3.19. The lowest BCUT2D eigenvalue weighted by Crippen LogP contribution is -2.42. The first-order valence-corrected chi connectivity index (χ1v) is 8.96. The molecule has 0 saturated heterocycles. The van der Waals surface area contributed by atoms with Gasteiger partial charge in [0.15, 0.2) is 11.5 Å². The minimum absolute atomic E-state index is 0.155. The number of hydrogen-bond donors (Lipinski definition) is 2. The average Bonchev–Trinajstić information content (AvgIpc) is 2.99. The highest BCUT2D eigenvalue weighted by Crippen LogP contribution is 2.34. The normalized spacial score (nSPS) is 16.0. The molecule has 1 aliphatic heterocycles. The van der Waals surface area contributed by atoms with Crippen molar-refractivity contribution >= 4 is 27.5 Å². The van der Waals surface area contributed by atoms with Crippen LogP contribution in [0.2, 0.25) is 0 Å². The zero-order valence-corrected chi connectivity index (χ0v) is 15.1. The molecule has 0 saturated carbocycles. The Bertz CT molecular complexity index is 1060. The maximum Gasteiger partial charge on any atom is 0.262 e. The maximum absolute atomic E-state index is 12.7. The molecule has 0 bridgehead atoms. The monoisotopic (exact) mass is 371 g/mol. The summed E-state index contributed by atoms with van der Waals surface area (Å²) in [4.78, 5) is 32.5. The number of H-pyrrole nitrogens is 1. The van der Waals surface area contributed by atoms with Gasteiger partial charge < -0.3 is 19.8 Å². The van der Waals surface area contributed by atoms with Gasteiger partial charge in [-0.2, -0.15) is 0 Å². The molecule has 3 aromatic rings. The highest BCUT2D eigenvalue weighted by molar-refractivity contribution is 7.20. The van der Waals surface area contributed by atoms with Crippen molar-refractivity contribution in [3.05, 3.63) is 50.9 Å². The molecule has 26 heavy (non-hydrogen) atoms. The van der Waals surface area contributed by atoms with Gasteiger partial charge in [-0.15, -0.1) is 11.3 Å². The van der Waals surface area contributed by atoms with E-state index in [9.17, 15) is 9.59 Å². The largest absolute Gasteiger partial charge is 0.493 e. The third kappa shape index (κ3) is 2.72. The summed E-state index contributed by atoms with van der Waals surface area (Å²) in [5.41, 5.74) is 1.41. The Labute approximate surface area is 153 Å². The van der Waals surface area contributed by atoms with Crippen molar-refractivity contribution in [3.63, 3.8) is 0 Å². The molecule has 0 unspecified atom stereocenters. The molecule has 0 fully saturated rings. The lowest BCUT2D eigenvalue weighted by molar-refractivity contribution is 0.0918. The molecule has 4 rings (SSSR count). The zero-order valence-electron chi connectivity index (χ0n) is 14.3. The number of rotatable bonds is 3. The minimum atomic E-state index is -0.232. The second-order valence-electron chi connectivity index (χ2n) is 6.10. The summed E-state index contributed by atoms with van der Waals surface area (Å²) >= 11 is 1.22. The molecule has 134 valence electrons. The lowest BCUT2D eigenvalue weighted by atomic mass is 10.0. The van der Waals surface area contributed by atoms with Crippen LogP contribution >= 0.6 is 11.3 Å². The van der Waals surface area contributed by atoms with Crippen molar-refractivity contribution in [1.82, 2.24) is 15.3 Å². The first-order chi connectivity index (χ1) is 12.6. The van der Waals surface area contributed by atoms with Gasteiger partial charge in [0.1, 0.15) is 11.4 Å². The van der Waals surface area contributed by atoms with Crippen LogP contribution in [0.15, 0.2) is 29.3 Å². The van der Waals surface area contributed by atoms with E-state index in [4.69, 9.17) is 9.47 Å². The summed E-state index contributed by atoms with van der Waals surface area (Å²) in [6, 6.07) is 5.56. The topological polar surface area (TPSA) is 93.3 Å². The summed E-state index contributed by atoms with van der Waals surface area (Å²) in [6.07, 6.45) is 2.00. The van der Waals surface area contributed by atoms with Crippen molar-refractivity contribution in [1.29, 1.82) is 0 Å². The molecule has 8 heteroatoms. The predicted octanol–water partition coefficient (Wildman–Crippen LogP) is 2.04. The number of aromatic amines is 1. The first kappa shape index (κ1) is 16.6. The van der Waals surface area contributed by atoms with Crippen LogP contribution in [0.3, 0.4) is 0 Å². The number of carbonyl (C=O) groups is 1. The molecule has 7 nitrogen and oxygen atoms in total. The van der Waals surface area contributed by atoms with Gasteiger partial charge in [0, 0.05) is 5.56 Å². The molecule has 2 aromatic heterocycles. The number of thiophene rings is 1. The van der Waals surface area contributed by atoms with Gasteiger partial charge in [-0.3, -0.25) is 9.59 Å². The summed E-state index contributed by atoms with van der Waals surface area (Å²) in [5, 5.41) is 3.47. The van der Waals surface area contributed by atoms with Crippen LogP contribution in [-0.2, 0) is 6.42 Å². The van der Waals surface area contributed by atoms with E-state index in [0.717, 1.165) is 11.3 Å². The van der Waals surface area contributed by atoms with Crippen molar-refractivity contribution in [3.8, 4) is 11.5 Å². The third-order valence-electron chi connectivity index (χ3n) is 4.45. The van der Waals surface area contributed by atoms with E-state index in [1.54, 1.807) is 14.0 Å². The van der Waals surface area contributed by atoms with Crippen LogP contribution in [0, 0.1) is 6.92 Å². The number of methoxy groups -OCH3 is 1. The van der Waals surface area contributed by atoms with Gasteiger partial charge in [0.2, 0.25) is 0 Å². The number of nitrogens with zero attached hydrogens (tertiary/aromatic N) is 1. The number of carbonyl (C=O) groups excluding carboxylic acids is 1. The second kappa shape index (κ2) is 6.45. The van der Waals surface area contributed by atoms with Gasteiger partial charge in [-0.25, -0.2) is 4.98 Å². The molecule has 1 aliphatic rings. The van der Waals surface area contributed by atoms with E-state index in [1.165, 1.54) is 17.7 Å². The Hall–Kier alpha value is -2.87. The molecular formula is C18H17N3O4S. The number of ether oxygens (including phenoxy) is 2. The summed E-state index contributed by atoms with van der Waals surface area (Å²) < 4.78 is 11.1. The fourth-order valence-corrected chi connectivity index (χ4v) is 4.25. The highest BCUT2D eigenvalue weighted by atomic mass is 32.1. The minimum Gasteiger partial charge on any atom is -0.493 e. The van der Waals surface area contributed by atoms with E-state index in [1.807, 2.05) is 18.2 Å². The number of para-hydroxylation sites is 1. The predicted molar refractivity (Wildman–Crippen MR) is 98.4 cm³/mol. The van der Waals surface area contributed by atoms with Crippen LogP contribution in [-0.4, -0.2) is 35.6 Å². The van der Waals surface area contributed by atoms with Crippen LogP contribution in [0.4, 0.5) is 0 Å². The van der Waals surface area contributed by atoms with Crippen molar-refractivity contribution in [2.45, 2.75) is 19.4 Å². The standard InChI is InChI=1S/C18H17N3O4S/c1-9-13-16(22)19-8-20-18(13)26-15(9)17(23)21-11-6-10-4-3-5-12(24-2)14(10)25-7-11/h3-5,8,11H,6-7H2,1-2H3,(H,21,23)(H,19,20,22)/t11-/m1/s1. The molecular weight excluding hydrogens is 354 g/mol. The van der Waals surface area contributed by atoms with E-state index in [-0.39, 0.29) is 17.5 Å².